The third kappa shape index (κ3) is 4.18. The molecule has 1 heterocycles. The monoisotopic (exact) mass is 301 g/mol. The fourth-order valence-electron chi connectivity index (χ4n) is 1.92. The van der Waals surface area contributed by atoms with Gasteiger partial charge in [0.15, 0.2) is 0 Å². The van der Waals surface area contributed by atoms with Gasteiger partial charge in [-0.15, -0.1) is 0 Å². The summed E-state index contributed by atoms with van der Waals surface area (Å²) in [5.41, 5.74) is 0.389. The molecule has 2 rings (SSSR count). The molecular weight excluding hydrogens is 282 g/mol. The highest BCUT2D eigenvalue weighted by atomic mass is 16.5. The number of nitrogens with zero attached hydrogens (tertiary/aromatic N) is 2. The lowest BCUT2D eigenvalue weighted by atomic mass is 10.3. The largest absolute Gasteiger partial charge is 0.492 e. The Bertz CT molecular complexity index is 683. The van der Waals surface area contributed by atoms with Crippen molar-refractivity contribution in [3.05, 3.63) is 58.5 Å². The fourth-order valence-corrected chi connectivity index (χ4v) is 1.92. The maximum atomic E-state index is 12.1. The van der Waals surface area contributed by atoms with Crippen molar-refractivity contribution in [3.8, 4) is 5.75 Å². The molecule has 0 radical (unpaired) electrons. The van der Waals surface area contributed by atoms with Crippen molar-refractivity contribution in [1.82, 2.24) is 15.1 Å². The number of hydrogen-bond acceptors (Lipinski definition) is 4. The van der Waals surface area contributed by atoms with Crippen LogP contribution in [0.3, 0.4) is 0 Å². The minimum Gasteiger partial charge on any atom is -0.492 e. The number of aryl methyl sites for hydroxylation is 1. The van der Waals surface area contributed by atoms with Gasteiger partial charge in [0.2, 0.25) is 5.91 Å². The zero-order chi connectivity index (χ0) is 15.9. The first kappa shape index (κ1) is 15.8. The van der Waals surface area contributed by atoms with Gasteiger partial charge in [-0.2, -0.15) is 5.10 Å². The van der Waals surface area contributed by atoms with Crippen molar-refractivity contribution in [2.24, 2.45) is 0 Å². The summed E-state index contributed by atoms with van der Waals surface area (Å²) >= 11 is 0. The molecule has 0 fully saturated rings. The number of carbonyl (C=O) groups is 1. The van der Waals surface area contributed by atoms with Crippen LogP contribution < -0.4 is 15.6 Å². The number of nitrogens with one attached hydrogen (secondary N) is 1. The molecule has 1 unspecified atom stereocenters. The molecule has 1 atom stereocenters. The van der Waals surface area contributed by atoms with E-state index in [1.54, 1.807) is 19.9 Å². The number of rotatable bonds is 6. The van der Waals surface area contributed by atoms with Crippen LogP contribution in [-0.4, -0.2) is 28.8 Å². The predicted molar refractivity (Wildman–Crippen MR) is 82.9 cm³/mol. The Hall–Kier alpha value is -2.63. The van der Waals surface area contributed by atoms with E-state index in [1.807, 2.05) is 30.3 Å². The molecule has 1 aromatic carbocycles. The van der Waals surface area contributed by atoms with Crippen molar-refractivity contribution in [1.29, 1.82) is 0 Å². The first-order chi connectivity index (χ1) is 10.6. The summed E-state index contributed by atoms with van der Waals surface area (Å²) < 4.78 is 6.67. The second-order valence-electron chi connectivity index (χ2n) is 4.89. The van der Waals surface area contributed by atoms with E-state index in [-0.39, 0.29) is 11.5 Å². The summed E-state index contributed by atoms with van der Waals surface area (Å²) in [4.78, 5) is 23.8. The minimum atomic E-state index is -0.663. The number of hydrogen-bond donors (Lipinski definition) is 1. The van der Waals surface area contributed by atoms with Gasteiger partial charge in [-0.1, -0.05) is 18.2 Å². The zero-order valence-corrected chi connectivity index (χ0v) is 12.7. The summed E-state index contributed by atoms with van der Waals surface area (Å²) in [5.74, 6) is 0.484. The Labute approximate surface area is 128 Å². The molecule has 0 spiro atoms. The van der Waals surface area contributed by atoms with E-state index in [0.29, 0.717) is 18.8 Å². The molecule has 2 aromatic rings. The van der Waals surface area contributed by atoms with E-state index in [0.717, 1.165) is 5.75 Å². The van der Waals surface area contributed by atoms with Gasteiger partial charge < -0.3 is 10.1 Å². The van der Waals surface area contributed by atoms with Crippen LogP contribution >= 0.6 is 0 Å². The molecule has 6 heteroatoms. The molecule has 0 bridgehead atoms. The fraction of sp³-hybridized carbons (Fsp3) is 0.312. The van der Waals surface area contributed by atoms with Crippen molar-refractivity contribution in [2.75, 3.05) is 13.2 Å². The van der Waals surface area contributed by atoms with E-state index in [9.17, 15) is 9.59 Å². The third-order valence-electron chi connectivity index (χ3n) is 3.12. The lowest BCUT2D eigenvalue weighted by Gasteiger charge is -2.14. The highest BCUT2D eigenvalue weighted by Crippen LogP contribution is 2.07. The number of para-hydroxylation sites is 1. The number of ether oxygens (including phenoxy) is 1. The maximum Gasteiger partial charge on any atom is 0.267 e. The maximum absolute atomic E-state index is 12.1. The van der Waals surface area contributed by atoms with Crippen LogP contribution in [-0.2, 0) is 4.79 Å². The lowest BCUT2D eigenvalue weighted by molar-refractivity contribution is -0.124. The molecule has 22 heavy (non-hydrogen) atoms. The summed E-state index contributed by atoms with van der Waals surface area (Å²) in [6.45, 7) is 4.13. The van der Waals surface area contributed by atoms with Gasteiger partial charge >= 0.3 is 0 Å². The molecule has 0 saturated carbocycles. The highest BCUT2D eigenvalue weighted by molar-refractivity contribution is 5.79. The van der Waals surface area contributed by atoms with Crippen molar-refractivity contribution < 1.29 is 9.53 Å². The Balaban J connectivity index is 1.84. The average molecular weight is 301 g/mol. The number of benzene rings is 1. The van der Waals surface area contributed by atoms with E-state index in [1.165, 1.54) is 10.7 Å². The zero-order valence-electron chi connectivity index (χ0n) is 12.7. The summed E-state index contributed by atoms with van der Waals surface area (Å²) in [6, 6.07) is 11.7. The standard InChI is InChI=1S/C16H19N3O3/c1-12-8-9-15(20)19(18-12)13(2)16(21)17-10-11-22-14-6-4-3-5-7-14/h3-9,13H,10-11H2,1-2H3,(H,17,21). The molecular formula is C16H19N3O3. The molecule has 0 aliphatic heterocycles. The van der Waals surface area contributed by atoms with Gasteiger partial charge in [0.05, 0.1) is 12.2 Å². The number of amides is 1. The van der Waals surface area contributed by atoms with Gasteiger partial charge in [0.25, 0.3) is 5.56 Å². The van der Waals surface area contributed by atoms with Crippen molar-refractivity contribution in [3.63, 3.8) is 0 Å². The van der Waals surface area contributed by atoms with Crippen LogP contribution in [0, 0.1) is 6.92 Å². The summed E-state index contributed by atoms with van der Waals surface area (Å²) in [5, 5.41) is 6.82. The van der Waals surface area contributed by atoms with Crippen molar-refractivity contribution >= 4 is 5.91 Å². The topological polar surface area (TPSA) is 73.2 Å². The van der Waals surface area contributed by atoms with Gasteiger partial charge in [-0.25, -0.2) is 4.68 Å². The van der Waals surface area contributed by atoms with Gasteiger partial charge in [0, 0.05) is 6.07 Å². The molecule has 6 nitrogen and oxygen atoms in total. The first-order valence-electron chi connectivity index (χ1n) is 7.10. The molecule has 0 aliphatic carbocycles. The quantitative estimate of drug-likeness (QED) is 0.816. The molecule has 1 N–H and O–H groups in total. The minimum absolute atomic E-state index is 0.267. The molecule has 1 amide bonds. The Morgan fingerprint density at radius 1 is 1.27 bits per heavy atom. The number of carbonyl (C=O) groups excluding carboxylic acids is 1. The van der Waals surface area contributed by atoms with E-state index in [2.05, 4.69) is 10.4 Å². The van der Waals surface area contributed by atoms with Crippen LogP contribution in [0.4, 0.5) is 0 Å². The Morgan fingerprint density at radius 2 is 2.00 bits per heavy atom. The van der Waals surface area contributed by atoms with Crippen LogP contribution in [0.2, 0.25) is 0 Å². The van der Waals surface area contributed by atoms with Crippen LogP contribution in [0.1, 0.15) is 18.7 Å². The predicted octanol–water partition coefficient (Wildman–Crippen LogP) is 1.31. The third-order valence-corrected chi connectivity index (χ3v) is 3.12. The normalized spacial score (nSPS) is 11.7. The average Bonchev–Trinajstić information content (AvgIpc) is 2.54. The molecule has 116 valence electrons. The van der Waals surface area contributed by atoms with Gasteiger partial charge in [0.1, 0.15) is 18.4 Å². The lowest BCUT2D eigenvalue weighted by Crippen LogP contribution is -2.38. The summed E-state index contributed by atoms with van der Waals surface area (Å²) in [7, 11) is 0. The highest BCUT2D eigenvalue weighted by Gasteiger charge is 2.16. The van der Waals surface area contributed by atoms with E-state index < -0.39 is 6.04 Å². The Kier molecular flexibility index (Phi) is 5.30. The second-order valence-corrected chi connectivity index (χ2v) is 4.89. The molecule has 1 aromatic heterocycles. The smallest absolute Gasteiger partial charge is 0.267 e. The van der Waals surface area contributed by atoms with Gasteiger partial charge in [-0.3, -0.25) is 9.59 Å². The van der Waals surface area contributed by atoms with Crippen LogP contribution in [0.25, 0.3) is 0 Å². The SMILES string of the molecule is Cc1ccc(=O)n(C(C)C(=O)NCCOc2ccccc2)n1. The number of aromatic nitrogens is 2. The molecule has 0 aliphatic rings. The Morgan fingerprint density at radius 3 is 2.73 bits per heavy atom. The van der Waals surface area contributed by atoms with E-state index >= 15 is 0 Å². The summed E-state index contributed by atoms with van der Waals surface area (Å²) in [6.07, 6.45) is 0. The second kappa shape index (κ2) is 7.40. The van der Waals surface area contributed by atoms with Crippen LogP contribution in [0.15, 0.2) is 47.3 Å². The van der Waals surface area contributed by atoms with Gasteiger partial charge in [-0.05, 0) is 32.0 Å². The van der Waals surface area contributed by atoms with Crippen molar-refractivity contribution in [2.45, 2.75) is 19.9 Å². The molecule has 0 saturated heterocycles. The first-order valence-corrected chi connectivity index (χ1v) is 7.10. The van der Waals surface area contributed by atoms with E-state index in [4.69, 9.17) is 4.74 Å². The van der Waals surface area contributed by atoms with Crippen LogP contribution in [0.5, 0.6) is 5.75 Å².